The van der Waals surface area contributed by atoms with E-state index < -0.39 is 0 Å². The molecule has 0 unspecified atom stereocenters. The molecule has 0 bridgehead atoms. The zero-order valence-corrected chi connectivity index (χ0v) is 6.89. The Balaban J connectivity index is 0.000000500. The molecule has 2 heterocycles. The van der Waals surface area contributed by atoms with Gasteiger partial charge in [0.05, 0.1) is 5.69 Å². The van der Waals surface area contributed by atoms with Crippen LogP contribution in [0.3, 0.4) is 0 Å². The molecule has 1 aromatic rings. The van der Waals surface area contributed by atoms with Crippen molar-refractivity contribution >= 4 is 28.9 Å². The Bertz CT molecular complexity index is 213. The van der Waals surface area contributed by atoms with Crippen LogP contribution in [0.5, 0.6) is 0 Å². The van der Waals surface area contributed by atoms with E-state index in [4.69, 9.17) is 5.73 Å². The minimum Gasteiger partial charge on any atom is -0.375 e. The normalized spacial score (nSPS) is 14.4. The third-order valence-electron chi connectivity index (χ3n) is 1.37. The molecule has 3 nitrogen and oxygen atoms in total. The fourth-order valence-corrected chi connectivity index (χ4v) is 1.79. The molecule has 2 rings (SSSR count). The van der Waals surface area contributed by atoms with Crippen molar-refractivity contribution in [2.75, 3.05) is 5.73 Å². The van der Waals surface area contributed by atoms with Gasteiger partial charge < -0.3 is 11.1 Å². The summed E-state index contributed by atoms with van der Waals surface area (Å²) in [5, 5.41) is 3.88. The lowest BCUT2D eigenvalue weighted by Gasteiger charge is -1.84. The topological polar surface area (TPSA) is 50.9 Å². The van der Waals surface area contributed by atoms with Crippen molar-refractivity contribution < 1.29 is 0 Å². The number of nitrogen functional groups attached to an aromatic ring is 1. The highest BCUT2D eigenvalue weighted by Gasteiger charge is 2.13. The van der Waals surface area contributed by atoms with E-state index >= 15 is 0 Å². The van der Waals surface area contributed by atoms with E-state index in [9.17, 15) is 0 Å². The van der Waals surface area contributed by atoms with Gasteiger partial charge >= 0.3 is 0 Å². The van der Waals surface area contributed by atoms with Crippen LogP contribution in [-0.4, -0.2) is 4.98 Å². The van der Waals surface area contributed by atoms with E-state index in [1.54, 1.807) is 11.3 Å². The van der Waals surface area contributed by atoms with Crippen LogP contribution < -0.4 is 11.1 Å². The molecule has 0 radical (unpaired) electrons. The molecular formula is C5H8ClN3S. The number of thiazole rings is 1. The van der Waals surface area contributed by atoms with E-state index in [-0.39, 0.29) is 12.4 Å². The van der Waals surface area contributed by atoms with E-state index in [0.717, 1.165) is 18.8 Å². The fraction of sp³-hybridized carbons (Fsp3) is 0.400. The molecule has 0 fully saturated rings. The molecule has 0 amide bonds. The maximum Gasteiger partial charge on any atom is 0.180 e. The summed E-state index contributed by atoms with van der Waals surface area (Å²) in [6, 6.07) is 0. The number of fused-ring (bicyclic) bond motifs is 1. The average Bonchev–Trinajstić information content (AvgIpc) is 2.22. The van der Waals surface area contributed by atoms with E-state index in [1.165, 1.54) is 4.88 Å². The Morgan fingerprint density at radius 2 is 2.30 bits per heavy atom. The molecule has 0 spiro atoms. The largest absolute Gasteiger partial charge is 0.375 e. The van der Waals surface area contributed by atoms with Crippen LogP contribution in [0.15, 0.2) is 0 Å². The molecule has 10 heavy (non-hydrogen) atoms. The van der Waals surface area contributed by atoms with Crippen LogP contribution in [0, 0.1) is 0 Å². The van der Waals surface area contributed by atoms with Gasteiger partial charge in [-0.1, -0.05) is 0 Å². The van der Waals surface area contributed by atoms with Gasteiger partial charge in [-0.2, -0.15) is 0 Å². The minimum absolute atomic E-state index is 0. The highest BCUT2D eigenvalue weighted by Crippen LogP contribution is 2.23. The smallest absolute Gasteiger partial charge is 0.180 e. The number of nitrogens with two attached hydrogens (primary N) is 1. The zero-order chi connectivity index (χ0) is 6.27. The van der Waals surface area contributed by atoms with Gasteiger partial charge in [0, 0.05) is 18.0 Å². The molecule has 0 aromatic carbocycles. The standard InChI is InChI=1S/C5H7N3S.ClH/c6-5-8-3-1-7-2-4(3)9-5;/h7H,1-2H2,(H2,6,8);1H. The molecule has 3 N–H and O–H groups in total. The van der Waals surface area contributed by atoms with Crippen molar-refractivity contribution in [3.63, 3.8) is 0 Å². The second kappa shape index (κ2) is 2.74. The molecule has 0 atom stereocenters. The molecule has 0 saturated carbocycles. The monoisotopic (exact) mass is 177 g/mol. The number of nitrogens with zero attached hydrogens (tertiary/aromatic N) is 1. The predicted octanol–water partition coefficient (Wildman–Crippen LogP) is 0.750. The van der Waals surface area contributed by atoms with Gasteiger partial charge in [0.1, 0.15) is 0 Å². The van der Waals surface area contributed by atoms with E-state index in [2.05, 4.69) is 10.3 Å². The molecule has 56 valence electrons. The predicted molar refractivity (Wildman–Crippen MR) is 44.3 cm³/mol. The SMILES string of the molecule is Cl.Nc1nc2c(s1)CNC2. The number of rotatable bonds is 0. The lowest BCUT2D eigenvalue weighted by Crippen LogP contribution is -2.01. The number of hydrogen-bond acceptors (Lipinski definition) is 4. The summed E-state index contributed by atoms with van der Waals surface area (Å²) in [7, 11) is 0. The first-order valence-corrected chi connectivity index (χ1v) is 3.62. The van der Waals surface area contributed by atoms with Crippen LogP contribution >= 0.6 is 23.7 Å². The quantitative estimate of drug-likeness (QED) is 0.615. The van der Waals surface area contributed by atoms with Crippen molar-refractivity contribution in [2.24, 2.45) is 0 Å². The number of aromatic nitrogens is 1. The lowest BCUT2D eigenvalue weighted by atomic mass is 10.4. The third kappa shape index (κ3) is 1.10. The second-order valence-electron chi connectivity index (χ2n) is 2.03. The Morgan fingerprint density at radius 3 is 3.00 bits per heavy atom. The van der Waals surface area contributed by atoms with Gasteiger partial charge in [-0.15, -0.1) is 23.7 Å². The van der Waals surface area contributed by atoms with Crippen LogP contribution in [0.1, 0.15) is 10.6 Å². The van der Waals surface area contributed by atoms with E-state index in [1.807, 2.05) is 0 Å². The number of nitrogens with one attached hydrogen (secondary N) is 1. The first-order valence-electron chi connectivity index (χ1n) is 2.81. The Morgan fingerprint density at radius 1 is 1.50 bits per heavy atom. The lowest BCUT2D eigenvalue weighted by molar-refractivity contribution is 0.759. The summed E-state index contributed by atoms with van der Waals surface area (Å²) in [6.07, 6.45) is 0. The summed E-state index contributed by atoms with van der Waals surface area (Å²) < 4.78 is 0. The first-order chi connectivity index (χ1) is 4.36. The maximum absolute atomic E-state index is 5.47. The summed E-state index contributed by atoms with van der Waals surface area (Å²) >= 11 is 1.58. The van der Waals surface area contributed by atoms with E-state index in [0.29, 0.717) is 5.13 Å². The molecule has 1 aliphatic rings. The van der Waals surface area contributed by atoms with Gasteiger partial charge in [-0.05, 0) is 0 Å². The molecule has 5 heteroatoms. The fourth-order valence-electron chi connectivity index (χ4n) is 0.974. The molecule has 1 aliphatic heterocycles. The van der Waals surface area contributed by atoms with Crippen molar-refractivity contribution in [2.45, 2.75) is 13.1 Å². The van der Waals surface area contributed by atoms with Crippen molar-refractivity contribution in [3.8, 4) is 0 Å². The first kappa shape index (κ1) is 7.78. The Kier molecular flexibility index (Phi) is 2.13. The number of halogens is 1. The van der Waals surface area contributed by atoms with Crippen molar-refractivity contribution in [1.82, 2.24) is 10.3 Å². The van der Waals surface area contributed by atoms with Crippen LogP contribution in [0.25, 0.3) is 0 Å². The van der Waals surface area contributed by atoms with Gasteiger partial charge in [-0.3, -0.25) is 0 Å². The van der Waals surface area contributed by atoms with Gasteiger partial charge in [0.15, 0.2) is 5.13 Å². The molecule has 1 aromatic heterocycles. The zero-order valence-electron chi connectivity index (χ0n) is 5.26. The van der Waals surface area contributed by atoms with Crippen LogP contribution in [-0.2, 0) is 13.1 Å². The summed E-state index contributed by atoms with van der Waals surface area (Å²) in [4.78, 5) is 5.42. The summed E-state index contributed by atoms with van der Waals surface area (Å²) in [5.74, 6) is 0. The third-order valence-corrected chi connectivity index (χ3v) is 2.30. The highest BCUT2D eigenvalue weighted by atomic mass is 35.5. The average molecular weight is 178 g/mol. The van der Waals surface area contributed by atoms with Gasteiger partial charge in [0.25, 0.3) is 0 Å². The second-order valence-corrected chi connectivity index (χ2v) is 3.14. The molecule has 0 saturated heterocycles. The maximum atomic E-state index is 5.47. The van der Waals surface area contributed by atoms with Crippen molar-refractivity contribution in [3.05, 3.63) is 10.6 Å². The Hall–Kier alpha value is -0.320. The van der Waals surface area contributed by atoms with Gasteiger partial charge in [0.2, 0.25) is 0 Å². The summed E-state index contributed by atoms with van der Waals surface area (Å²) in [5.41, 5.74) is 6.61. The highest BCUT2D eigenvalue weighted by molar-refractivity contribution is 7.15. The molecule has 0 aliphatic carbocycles. The van der Waals surface area contributed by atoms with Crippen LogP contribution in [0.2, 0.25) is 0 Å². The van der Waals surface area contributed by atoms with Crippen molar-refractivity contribution in [1.29, 1.82) is 0 Å². The Labute approximate surface area is 69.1 Å². The number of anilines is 1. The van der Waals surface area contributed by atoms with Crippen LogP contribution in [0.4, 0.5) is 5.13 Å². The van der Waals surface area contributed by atoms with Gasteiger partial charge in [-0.25, -0.2) is 4.98 Å². The minimum atomic E-state index is 0. The number of hydrogen-bond donors (Lipinski definition) is 2. The summed E-state index contributed by atoms with van der Waals surface area (Å²) in [6.45, 7) is 1.84. The molecular weight excluding hydrogens is 170 g/mol.